The van der Waals surface area contributed by atoms with Crippen LogP contribution in [0.1, 0.15) is 18.4 Å². The van der Waals surface area contributed by atoms with Gasteiger partial charge in [0.25, 0.3) is 0 Å². The largest absolute Gasteiger partial charge is 0.497 e. The number of methoxy groups -OCH3 is 2. The molecule has 1 aromatic heterocycles. The number of rotatable bonds is 6. The quantitative estimate of drug-likeness (QED) is 0.878. The second-order valence-corrected chi connectivity index (χ2v) is 5.89. The number of hydrogen-bond donors (Lipinski definition) is 1. The van der Waals surface area contributed by atoms with E-state index in [0.717, 1.165) is 55.5 Å². The molecule has 24 heavy (non-hydrogen) atoms. The molecule has 1 atom stereocenters. The van der Waals surface area contributed by atoms with Crippen LogP contribution < -0.4 is 19.7 Å². The van der Waals surface area contributed by atoms with Crippen molar-refractivity contribution in [1.82, 2.24) is 15.3 Å². The van der Waals surface area contributed by atoms with Gasteiger partial charge in [0.05, 0.1) is 14.2 Å². The van der Waals surface area contributed by atoms with Crippen molar-refractivity contribution in [3.63, 3.8) is 0 Å². The maximum atomic E-state index is 5.45. The molecule has 0 radical (unpaired) electrons. The highest BCUT2D eigenvalue weighted by atomic mass is 16.5. The zero-order chi connectivity index (χ0) is 16.8. The van der Waals surface area contributed by atoms with Gasteiger partial charge in [-0.3, -0.25) is 0 Å². The van der Waals surface area contributed by atoms with Crippen molar-refractivity contribution < 1.29 is 9.47 Å². The number of nitrogens with zero attached hydrogens (tertiary/aromatic N) is 3. The van der Waals surface area contributed by atoms with Gasteiger partial charge in [0.2, 0.25) is 5.95 Å². The van der Waals surface area contributed by atoms with E-state index in [1.165, 1.54) is 0 Å². The molecule has 1 saturated heterocycles. The molecule has 0 bridgehead atoms. The summed E-state index contributed by atoms with van der Waals surface area (Å²) < 4.78 is 10.8. The molecule has 0 amide bonds. The standard InChI is InChI=1S/C18H24N4O2/c1-23-16-6-7-17(24-2)14(11-16)12-21-15-5-3-10-22(13-15)18-19-8-4-9-20-18/h4,6-9,11,15,21H,3,5,10,12-13H2,1-2H3/t15-/m0/s1. The summed E-state index contributed by atoms with van der Waals surface area (Å²) in [5.41, 5.74) is 1.10. The first-order valence-corrected chi connectivity index (χ1v) is 8.26. The number of piperidine rings is 1. The average Bonchev–Trinajstić information content (AvgIpc) is 2.67. The summed E-state index contributed by atoms with van der Waals surface area (Å²) in [6.45, 7) is 2.66. The second kappa shape index (κ2) is 7.97. The summed E-state index contributed by atoms with van der Waals surface area (Å²) in [5, 5.41) is 3.63. The van der Waals surface area contributed by atoms with E-state index >= 15 is 0 Å². The van der Waals surface area contributed by atoms with Crippen molar-refractivity contribution in [2.45, 2.75) is 25.4 Å². The first-order valence-electron chi connectivity index (χ1n) is 8.26. The lowest BCUT2D eigenvalue weighted by Gasteiger charge is -2.33. The van der Waals surface area contributed by atoms with E-state index in [1.807, 2.05) is 24.3 Å². The lowest BCUT2D eigenvalue weighted by atomic mass is 10.1. The van der Waals surface area contributed by atoms with Crippen LogP contribution in [0, 0.1) is 0 Å². The summed E-state index contributed by atoms with van der Waals surface area (Å²) in [7, 11) is 3.37. The Morgan fingerprint density at radius 1 is 1.21 bits per heavy atom. The van der Waals surface area contributed by atoms with E-state index in [2.05, 4.69) is 20.2 Å². The minimum atomic E-state index is 0.401. The molecule has 0 unspecified atom stereocenters. The summed E-state index contributed by atoms with van der Waals surface area (Å²) in [6.07, 6.45) is 5.86. The molecule has 1 aliphatic heterocycles. The molecular formula is C18H24N4O2. The van der Waals surface area contributed by atoms with Crippen molar-refractivity contribution >= 4 is 5.95 Å². The van der Waals surface area contributed by atoms with Gasteiger partial charge in [-0.25, -0.2) is 9.97 Å². The number of hydrogen-bond acceptors (Lipinski definition) is 6. The molecule has 3 rings (SSSR count). The molecule has 6 nitrogen and oxygen atoms in total. The molecule has 0 spiro atoms. The van der Waals surface area contributed by atoms with Crippen LogP contribution in [-0.4, -0.2) is 43.3 Å². The van der Waals surface area contributed by atoms with Gasteiger partial charge < -0.3 is 19.7 Å². The third-order valence-corrected chi connectivity index (χ3v) is 4.33. The van der Waals surface area contributed by atoms with Crippen molar-refractivity contribution in [3.8, 4) is 11.5 Å². The molecule has 0 saturated carbocycles. The molecule has 1 fully saturated rings. The van der Waals surface area contributed by atoms with Crippen LogP contribution in [0.4, 0.5) is 5.95 Å². The van der Waals surface area contributed by atoms with Gasteiger partial charge in [-0.15, -0.1) is 0 Å². The summed E-state index contributed by atoms with van der Waals surface area (Å²) in [4.78, 5) is 11.0. The average molecular weight is 328 g/mol. The van der Waals surface area contributed by atoms with Crippen LogP contribution in [0.3, 0.4) is 0 Å². The van der Waals surface area contributed by atoms with E-state index in [1.54, 1.807) is 26.6 Å². The lowest BCUT2D eigenvalue weighted by Crippen LogP contribution is -2.46. The SMILES string of the molecule is COc1ccc(OC)c(CN[C@H]2CCCN(c3ncccn3)C2)c1. The van der Waals surface area contributed by atoms with E-state index in [4.69, 9.17) is 9.47 Å². The highest BCUT2D eigenvalue weighted by Gasteiger charge is 2.21. The van der Waals surface area contributed by atoms with Crippen molar-refractivity contribution in [3.05, 3.63) is 42.2 Å². The van der Waals surface area contributed by atoms with Crippen LogP contribution in [0.5, 0.6) is 11.5 Å². The summed E-state index contributed by atoms with van der Waals surface area (Å²) >= 11 is 0. The van der Waals surface area contributed by atoms with Gasteiger partial charge in [-0.05, 0) is 37.1 Å². The smallest absolute Gasteiger partial charge is 0.225 e. The van der Waals surface area contributed by atoms with Crippen molar-refractivity contribution in [2.75, 3.05) is 32.2 Å². The fourth-order valence-corrected chi connectivity index (χ4v) is 3.05. The van der Waals surface area contributed by atoms with Crippen LogP contribution in [0.25, 0.3) is 0 Å². The maximum absolute atomic E-state index is 5.45. The maximum Gasteiger partial charge on any atom is 0.225 e. The van der Waals surface area contributed by atoms with Crippen molar-refractivity contribution in [2.24, 2.45) is 0 Å². The van der Waals surface area contributed by atoms with Gasteiger partial charge in [-0.1, -0.05) is 0 Å². The Labute approximate surface area is 142 Å². The minimum absolute atomic E-state index is 0.401. The first kappa shape index (κ1) is 16.5. The monoisotopic (exact) mass is 328 g/mol. The van der Waals surface area contributed by atoms with Gasteiger partial charge in [0.1, 0.15) is 11.5 Å². The Hall–Kier alpha value is -2.34. The highest BCUT2D eigenvalue weighted by molar-refractivity contribution is 5.40. The fraction of sp³-hybridized carbons (Fsp3) is 0.444. The van der Waals surface area contributed by atoms with Gasteiger partial charge in [0.15, 0.2) is 0 Å². The fourth-order valence-electron chi connectivity index (χ4n) is 3.05. The predicted octanol–water partition coefficient (Wildman–Crippen LogP) is 2.25. The van der Waals surface area contributed by atoms with Gasteiger partial charge in [0, 0.05) is 43.6 Å². The van der Waals surface area contributed by atoms with E-state index < -0.39 is 0 Å². The summed E-state index contributed by atoms with van der Waals surface area (Å²) in [5.74, 6) is 2.53. The molecular weight excluding hydrogens is 304 g/mol. The zero-order valence-corrected chi connectivity index (χ0v) is 14.2. The molecule has 128 valence electrons. The number of benzene rings is 1. The zero-order valence-electron chi connectivity index (χ0n) is 14.2. The Kier molecular flexibility index (Phi) is 5.48. The number of nitrogens with one attached hydrogen (secondary N) is 1. The Morgan fingerprint density at radius 3 is 2.79 bits per heavy atom. The normalized spacial score (nSPS) is 17.6. The van der Waals surface area contributed by atoms with E-state index in [0.29, 0.717) is 6.04 Å². The van der Waals surface area contributed by atoms with Crippen LogP contribution >= 0.6 is 0 Å². The topological polar surface area (TPSA) is 59.5 Å². The highest BCUT2D eigenvalue weighted by Crippen LogP contribution is 2.24. The second-order valence-electron chi connectivity index (χ2n) is 5.89. The Bertz CT molecular complexity index is 651. The summed E-state index contributed by atoms with van der Waals surface area (Å²) in [6, 6.07) is 8.13. The predicted molar refractivity (Wildman–Crippen MR) is 93.7 cm³/mol. The van der Waals surface area contributed by atoms with Crippen LogP contribution in [-0.2, 0) is 6.54 Å². The number of ether oxygens (including phenoxy) is 2. The Balaban J connectivity index is 1.62. The molecule has 1 aromatic carbocycles. The van der Waals surface area contributed by atoms with E-state index in [-0.39, 0.29) is 0 Å². The molecule has 0 aliphatic carbocycles. The molecule has 1 N–H and O–H groups in total. The first-order chi connectivity index (χ1) is 11.8. The number of aromatic nitrogens is 2. The third-order valence-electron chi connectivity index (χ3n) is 4.33. The van der Waals surface area contributed by atoms with Crippen LogP contribution in [0.15, 0.2) is 36.7 Å². The third kappa shape index (κ3) is 3.94. The van der Waals surface area contributed by atoms with E-state index in [9.17, 15) is 0 Å². The van der Waals surface area contributed by atoms with Crippen LogP contribution in [0.2, 0.25) is 0 Å². The molecule has 2 heterocycles. The molecule has 6 heteroatoms. The number of anilines is 1. The Morgan fingerprint density at radius 2 is 2.04 bits per heavy atom. The van der Waals surface area contributed by atoms with Crippen molar-refractivity contribution in [1.29, 1.82) is 0 Å². The van der Waals surface area contributed by atoms with Gasteiger partial charge in [-0.2, -0.15) is 0 Å². The molecule has 1 aliphatic rings. The molecule has 2 aromatic rings. The minimum Gasteiger partial charge on any atom is -0.497 e. The van der Waals surface area contributed by atoms with Gasteiger partial charge >= 0.3 is 0 Å². The lowest BCUT2D eigenvalue weighted by molar-refractivity contribution is 0.387.